The lowest BCUT2D eigenvalue weighted by molar-refractivity contribution is -0.122. The third-order valence-corrected chi connectivity index (χ3v) is 4.80. The molecular weight excluding hydrogens is 393 g/mol. The van der Waals surface area contributed by atoms with Gasteiger partial charge in [-0.3, -0.25) is 14.2 Å². The molecule has 0 aliphatic heterocycles. The Hall–Kier alpha value is -1.38. The van der Waals surface area contributed by atoms with E-state index >= 15 is 0 Å². The molecule has 1 unspecified atom stereocenters. The Morgan fingerprint density at radius 2 is 2.18 bits per heavy atom. The van der Waals surface area contributed by atoms with E-state index in [9.17, 15) is 4.79 Å². The summed E-state index contributed by atoms with van der Waals surface area (Å²) >= 11 is 2.25. The average Bonchev–Trinajstić information content (AvgIpc) is 2.99. The first kappa shape index (κ1) is 17.0. The number of rotatable bonds is 6. The number of nitrogens with zero attached hydrogens (tertiary/aromatic N) is 4. The van der Waals surface area contributed by atoms with Crippen molar-refractivity contribution in [3.05, 3.63) is 32.9 Å². The van der Waals surface area contributed by atoms with Crippen LogP contribution < -0.4 is 5.32 Å². The van der Waals surface area contributed by atoms with Gasteiger partial charge in [-0.1, -0.05) is 0 Å². The fourth-order valence-electron chi connectivity index (χ4n) is 2.42. The molecule has 0 radical (unpaired) electrons. The first-order chi connectivity index (χ1) is 10.4. The van der Waals surface area contributed by atoms with Crippen LogP contribution in [0.25, 0.3) is 0 Å². The van der Waals surface area contributed by atoms with E-state index in [1.54, 1.807) is 0 Å². The van der Waals surface area contributed by atoms with Crippen LogP contribution in [0.1, 0.15) is 43.3 Å². The molecule has 7 heteroatoms. The van der Waals surface area contributed by atoms with E-state index in [0.29, 0.717) is 13.0 Å². The maximum atomic E-state index is 12.1. The van der Waals surface area contributed by atoms with Gasteiger partial charge in [-0.15, -0.1) is 0 Å². The van der Waals surface area contributed by atoms with Crippen molar-refractivity contribution < 1.29 is 4.79 Å². The normalized spacial score (nSPS) is 12.4. The van der Waals surface area contributed by atoms with Crippen LogP contribution in [0, 0.1) is 17.4 Å². The summed E-state index contributed by atoms with van der Waals surface area (Å²) in [6, 6.07) is -0.0349. The van der Waals surface area contributed by atoms with Crippen molar-refractivity contribution in [1.29, 1.82) is 0 Å². The Bertz CT molecular complexity index is 641. The van der Waals surface area contributed by atoms with E-state index in [-0.39, 0.29) is 11.9 Å². The largest absolute Gasteiger partial charge is 0.349 e. The Morgan fingerprint density at radius 3 is 2.73 bits per heavy atom. The monoisotopic (exact) mass is 415 g/mol. The molecule has 6 nitrogen and oxygen atoms in total. The molecule has 0 spiro atoms. The molecule has 0 bridgehead atoms. The molecule has 120 valence electrons. The van der Waals surface area contributed by atoms with E-state index in [0.717, 1.165) is 27.1 Å². The molecule has 22 heavy (non-hydrogen) atoms. The van der Waals surface area contributed by atoms with Crippen molar-refractivity contribution in [2.75, 3.05) is 0 Å². The number of hydrogen-bond acceptors (Lipinski definition) is 3. The Balaban J connectivity index is 1.89. The molecule has 2 rings (SSSR count). The number of nitrogens with one attached hydrogen (secondary N) is 1. The van der Waals surface area contributed by atoms with Gasteiger partial charge in [-0.05, 0) is 50.3 Å². The van der Waals surface area contributed by atoms with Gasteiger partial charge in [0.15, 0.2) is 0 Å². The molecular formula is C15H22IN5O. The minimum atomic E-state index is -0.0349. The summed E-state index contributed by atoms with van der Waals surface area (Å²) < 4.78 is 4.88. The quantitative estimate of drug-likeness (QED) is 0.738. The highest BCUT2D eigenvalue weighted by molar-refractivity contribution is 14.1. The lowest BCUT2D eigenvalue weighted by atomic mass is 10.1. The third kappa shape index (κ3) is 3.88. The highest BCUT2D eigenvalue weighted by Gasteiger charge is 2.15. The van der Waals surface area contributed by atoms with Crippen molar-refractivity contribution in [2.24, 2.45) is 0 Å². The van der Waals surface area contributed by atoms with Crippen LogP contribution in [0.2, 0.25) is 0 Å². The van der Waals surface area contributed by atoms with E-state index in [1.165, 1.54) is 0 Å². The number of aromatic nitrogens is 4. The molecule has 0 saturated carbocycles. The number of halogens is 1. The molecule has 0 aliphatic rings. The van der Waals surface area contributed by atoms with Gasteiger partial charge >= 0.3 is 0 Å². The highest BCUT2D eigenvalue weighted by Crippen LogP contribution is 2.17. The summed E-state index contributed by atoms with van der Waals surface area (Å²) in [6.07, 6.45) is 4.22. The second-order valence-electron chi connectivity index (χ2n) is 5.37. The average molecular weight is 415 g/mol. The van der Waals surface area contributed by atoms with E-state index in [1.807, 2.05) is 42.5 Å². The Labute approximate surface area is 144 Å². The summed E-state index contributed by atoms with van der Waals surface area (Å²) in [6.45, 7) is 9.47. The van der Waals surface area contributed by atoms with E-state index in [2.05, 4.69) is 45.0 Å². The molecule has 0 aliphatic carbocycles. The van der Waals surface area contributed by atoms with Gasteiger partial charge in [0.2, 0.25) is 5.91 Å². The predicted octanol–water partition coefficient (Wildman–Crippen LogP) is 2.59. The van der Waals surface area contributed by atoms with E-state index < -0.39 is 0 Å². The maximum Gasteiger partial charge on any atom is 0.222 e. The second-order valence-corrected chi connectivity index (χ2v) is 6.53. The van der Waals surface area contributed by atoms with Crippen molar-refractivity contribution in [1.82, 2.24) is 24.9 Å². The number of hydrogen-bond donors (Lipinski definition) is 1. The van der Waals surface area contributed by atoms with Crippen molar-refractivity contribution >= 4 is 28.5 Å². The summed E-state index contributed by atoms with van der Waals surface area (Å²) in [4.78, 5) is 12.1. The molecule has 2 aromatic heterocycles. The summed E-state index contributed by atoms with van der Waals surface area (Å²) in [7, 11) is 0. The zero-order valence-corrected chi connectivity index (χ0v) is 15.6. The Morgan fingerprint density at radius 1 is 1.45 bits per heavy atom. The number of amides is 1. The lowest BCUT2D eigenvalue weighted by Gasteiger charge is -2.14. The molecule has 0 saturated heterocycles. The van der Waals surface area contributed by atoms with Crippen LogP contribution in [0.4, 0.5) is 0 Å². The fourth-order valence-corrected chi connectivity index (χ4v) is 2.85. The number of aryl methyl sites for hydroxylation is 3. The lowest BCUT2D eigenvalue weighted by Crippen LogP contribution is -2.27. The zero-order valence-electron chi connectivity index (χ0n) is 13.4. The second kappa shape index (κ2) is 7.26. The van der Waals surface area contributed by atoms with Gasteiger partial charge in [-0.25, -0.2) is 0 Å². The van der Waals surface area contributed by atoms with Crippen LogP contribution in [0.5, 0.6) is 0 Å². The molecule has 2 heterocycles. The van der Waals surface area contributed by atoms with Crippen LogP contribution in [0.15, 0.2) is 12.4 Å². The zero-order chi connectivity index (χ0) is 16.3. The smallest absolute Gasteiger partial charge is 0.222 e. The van der Waals surface area contributed by atoms with Gasteiger partial charge < -0.3 is 5.32 Å². The van der Waals surface area contributed by atoms with Crippen LogP contribution >= 0.6 is 22.6 Å². The van der Waals surface area contributed by atoms with Crippen LogP contribution in [-0.4, -0.2) is 25.5 Å². The third-order valence-electron chi connectivity index (χ3n) is 3.74. The predicted molar refractivity (Wildman–Crippen MR) is 93.5 cm³/mol. The maximum absolute atomic E-state index is 12.1. The van der Waals surface area contributed by atoms with Gasteiger partial charge in [-0.2, -0.15) is 10.2 Å². The van der Waals surface area contributed by atoms with Crippen LogP contribution in [0.3, 0.4) is 0 Å². The molecule has 0 fully saturated rings. The molecule has 1 amide bonds. The standard InChI is InChI=1S/C15H22IN5O/c1-5-21-12(4)13(8-17-21)10(2)18-15(22)6-7-20-9-14(16)11(3)19-20/h8-10H,5-7H2,1-4H3,(H,18,22). The first-order valence-corrected chi connectivity index (χ1v) is 8.51. The summed E-state index contributed by atoms with van der Waals surface area (Å²) in [5.74, 6) is 0.0271. The van der Waals surface area contributed by atoms with Gasteiger partial charge in [0, 0.05) is 37.0 Å². The summed E-state index contributed by atoms with van der Waals surface area (Å²) in [5.41, 5.74) is 3.17. The fraction of sp³-hybridized carbons (Fsp3) is 0.533. The topological polar surface area (TPSA) is 64.7 Å². The molecule has 1 atom stereocenters. The Kier molecular flexibility index (Phi) is 5.60. The molecule has 1 N–H and O–H groups in total. The molecule has 2 aromatic rings. The number of carbonyl (C=O) groups is 1. The van der Waals surface area contributed by atoms with Gasteiger partial charge in [0.1, 0.15) is 0 Å². The number of carbonyl (C=O) groups excluding carboxylic acids is 1. The highest BCUT2D eigenvalue weighted by atomic mass is 127. The SMILES string of the molecule is CCn1ncc(C(C)NC(=O)CCn2cc(I)c(C)n2)c1C. The minimum Gasteiger partial charge on any atom is -0.349 e. The van der Waals surface area contributed by atoms with Crippen molar-refractivity contribution in [3.63, 3.8) is 0 Å². The molecule has 0 aromatic carbocycles. The van der Waals surface area contributed by atoms with E-state index in [4.69, 9.17) is 0 Å². The van der Waals surface area contributed by atoms with Crippen molar-refractivity contribution in [2.45, 2.75) is 53.2 Å². The summed E-state index contributed by atoms with van der Waals surface area (Å²) in [5, 5.41) is 11.7. The van der Waals surface area contributed by atoms with Crippen LogP contribution in [-0.2, 0) is 17.9 Å². The van der Waals surface area contributed by atoms with Gasteiger partial charge in [0.25, 0.3) is 0 Å². The van der Waals surface area contributed by atoms with Crippen molar-refractivity contribution in [3.8, 4) is 0 Å². The minimum absolute atomic E-state index is 0.0271. The van der Waals surface area contributed by atoms with Gasteiger partial charge in [0.05, 0.1) is 21.5 Å². The first-order valence-electron chi connectivity index (χ1n) is 7.43.